The summed E-state index contributed by atoms with van der Waals surface area (Å²) in [5.41, 5.74) is -5.73. The zero-order valence-electron chi connectivity index (χ0n) is 26.8. The van der Waals surface area contributed by atoms with Gasteiger partial charge in [-0.3, -0.25) is 14.3 Å². The third-order valence-corrected chi connectivity index (χ3v) is 9.89. The molecule has 5 aliphatic rings. The molecule has 5 aliphatic heterocycles. The van der Waals surface area contributed by atoms with Gasteiger partial charge in [-0.15, -0.1) is 0 Å². The maximum atomic E-state index is 15.3. The van der Waals surface area contributed by atoms with Crippen LogP contribution in [0.3, 0.4) is 0 Å². The summed E-state index contributed by atoms with van der Waals surface area (Å²) in [7, 11) is 0. The number of hydrogen-bond donors (Lipinski definition) is 2. The number of anilines is 1. The smallest absolute Gasteiger partial charge is 0.431 e. The molecule has 2 unspecified atom stereocenters. The normalized spacial score (nSPS) is 27.0. The number of hydrogen-bond acceptors (Lipinski definition) is 8. The van der Waals surface area contributed by atoms with Crippen LogP contribution in [0.15, 0.2) is 35.1 Å². The number of phenols is 1. The lowest BCUT2D eigenvalue weighted by molar-refractivity contribution is -0.142. The SMILES string of the molecule is [2H]C([2H])(Oc1nc(N2CC3CCC2CN3)c2cc(C(F)(F)F)n(-c3cc(O)cc4ccc(F)c(F)c34)c(=O)c2n1)[C@@]12CCCN1C[C@H](F)C2. The van der Waals surface area contributed by atoms with Gasteiger partial charge >= 0.3 is 12.2 Å². The van der Waals surface area contributed by atoms with E-state index in [1.165, 1.54) is 0 Å². The molecule has 4 aromatic rings. The van der Waals surface area contributed by atoms with Crippen molar-refractivity contribution in [3.05, 3.63) is 58.0 Å². The summed E-state index contributed by atoms with van der Waals surface area (Å²) >= 11 is 0. The lowest BCUT2D eigenvalue weighted by Crippen LogP contribution is -2.61. The summed E-state index contributed by atoms with van der Waals surface area (Å²) in [5.74, 6) is -3.63. The summed E-state index contributed by atoms with van der Waals surface area (Å²) in [6.45, 7) is -1.33. The number of phenolic OH excluding ortho intramolecular Hbond substituents is 1. The van der Waals surface area contributed by atoms with Crippen LogP contribution in [0.25, 0.3) is 27.4 Å². The van der Waals surface area contributed by atoms with Crippen LogP contribution in [0, 0.1) is 11.6 Å². The largest absolute Gasteiger partial charge is 0.508 e. The number of aromatic nitrogens is 3. The number of fused-ring (bicyclic) bond motifs is 6. The predicted octanol–water partition coefficient (Wildman–Crippen LogP) is 4.83. The maximum Gasteiger partial charge on any atom is 0.431 e. The molecule has 2 N–H and O–H groups in total. The van der Waals surface area contributed by atoms with Gasteiger partial charge in [-0.25, -0.2) is 13.2 Å². The Balaban J connectivity index is 1.39. The first kappa shape index (κ1) is 28.0. The number of nitrogens with zero attached hydrogens (tertiary/aromatic N) is 5. The highest BCUT2D eigenvalue weighted by Gasteiger charge is 2.49. The van der Waals surface area contributed by atoms with E-state index >= 15 is 4.39 Å². The van der Waals surface area contributed by atoms with Crippen molar-refractivity contribution in [2.45, 2.75) is 62.1 Å². The van der Waals surface area contributed by atoms with Crippen LogP contribution >= 0.6 is 0 Å². The van der Waals surface area contributed by atoms with Gasteiger partial charge in [0, 0.05) is 49.6 Å². The van der Waals surface area contributed by atoms with Gasteiger partial charge in [0.25, 0.3) is 5.56 Å². The molecule has 9 rings (SSSR count). The number of piperidine rings is 2. The van der Waals surface area contributed by atoms with Gasteiger partial charge in [0.15, 0.2) is 11.6 Å². The highest BCUT2D eigenvalue weighted by Crippen LogP contribution is 2.42. The minimum atomic E-state index is -5.22. The standard InChI is InChI=1S/C32H30F6N6O3/c33-17-11-31(6-1-7-42(31)13-17)15-47-30-40-27-21(28(41-30)43-14-18-3-4-19(43)12-39-18)10-24(32(36,37)38)44(29(27)46)23-9-20(45)8-16-2-5-22(34)26(35)25(16)23/h2,5,8-10,17-19,39,45H,1,3-4,6-7,11-15H2/t17-,18?,19?,31+/m1/s1/i15D2. The van der Waals surface area contributed by atoms with Crippen LogP contribution in [0.1, 0.15) is 40.5 Å². The molecule has 0 saturated carbocycles. The number of aromatic hydroxyl groups is 1. The van der Waals surface area contributed by atoms with E-state index in [0.29, 0.717) is 38.5 Å². The summed E-state index contributed by atoms with van der Waals surface area (Å²) in [6.07, 6.45) is -4.36. The summed E-state index contributed by atoms with van der Waals surface area (Å²) in [6, 6.07) is 3.28. The third kappa shape index (κ3) is 4.88. The van der Waals surface area contributed by atoms with Crippen LogP contribution in [0.2, 0.25) is 0 Å². The Morgan fingerprint density at radius 2 is 1.98 bits per heavy atom. The highest BCUT2D eigenvalue weighted by molar-refractivity contribution is 5.94. The minimum Gasteiger partial charge on any atom is -0.508 e. The van der Waals surface area contributed by atoms with Crippen molar-refractivity contribution >= 4 is 27.5 Å². The zero-order valence-corrected chi connectivity index (χ0v) is 24.8. The van der Waals surface area contributed by atoms with E-state index < -0.39 is 75.7 Å². The minimum absolute atomic E-state index is 0.0104. The van der Waals surface area contributed by atoms with Crippen molar-refractivity contribution < 1.29 is 38.9 Å². The van der Waals surface area contributed by atoms with E-state index in [2.05, 4.69) is 15.3 Å². The average molecular weight is 663 g/mol. The Morgan fingerprint density at radius 1 is 1.15 bits per heavy atom. The number of ether oxygens (including phenoxy) is 1. The Bertz CT molecular complexity index is 2070. The van der Waals surface area contributed by atoms with E-state index in [0.717, 1.165) is 30.7 Å². The molecule has 47 heavy (non-hydrogen) atoms. The fourth-order valence-electron chi connectivity index (χ4n) is 7.77. The Morgan fingerprint density at radius 3 is 2.70 bits per heavy atom. The van der Waals surface area contributed by atoms with Crippen molar-refractivity contribution in [2.24, 2.45) is 0 Å². The maximum absolute atomic E-state index is 15.3. The second-order valence-corrected chi connectivity index (χ2v) is 12.8. The summed E-state index contributed by atoms with van der Waals surface area (Å²) in [5, 5.41) is 12.6. The molecule has 0 spiro atoms. The number of nitrogens with one attached hydrogen (secondary N) is 1. The topological polar surface area (TPSA) is 95.8 Å². The quantitative estimate of drug-likeness (QED) is 0.294. The lowest BCUT2D eigenvalue weighted by atomic mass is 9.93. The number of alkyl halides is 4. The molecule has 4 atom stereocenters. The zero-order chi connectivity index (χ0) is 34.6. The van der Waals surface area contributed by atoms with Crippen LogP contribution in [-0.2, 0) is 6.18 Å². The highest BCUT2D eigenvalue weighted by atomic mass is 19.4. The lowest BCUT2D eigenvalue weighted by Gasteiger charge is -2.46. The third-order valence-electron chi connectivity index (χ3n) is 9.89. The molecule has 5 saturated heterocycles. The van der Waals surface area contributed by atoms with E-state index in [4.69, 9.17) is 7.48 Å². The molecule has 248 valence electrons. The first-order chi connectivity index (χ1) is 23.2. The monoisotopic (exact) mass is 662 g/mol. The number of benzene rings is 2. The predicted molar refractivity (Wildman–Crippen MR) is 160 cm³/mol. The second-order valence-electron chi connectivity index (χ2n) is 12.8. The van der Waals surface area contributed by atoms with Gasteiger partial charge in [0.1, 0.15) is 35.5 Å². The van der Waals surface area contributed by atoms with Gasteiger partial charge < -0.3 is 20.1 Å². The Kier molecular flexibility index (Phi) is 6.37. The Labute approximate surface area is 266 Å². The van der Waals surface area contributed by atoms with Crippen molar-refractivity contribution in [3.8, 4) is 17.4 Å². The molecule has 15 heteroatoms. The molecule has 0 amide bonds. The first-order valence-electron chi connectivity index (χ1n) is 16.4. The van der Waals surface area contributed by atoms with E-state index in [1.807, 2.05) is 0 Å². The van der Waals surface area contributed by atoms with Gasteiger partial charge in [-0.05, 0) is 55.8 Å². The molecule has 7 heterocycles. The molecular weight excluding hydrogens is 630 g/mol. The fraction of sp³-hybridized carbons (Fsp3) is 0.469. The van der Waals surface area contributed by atoms with Gasteiger partial charge in [0.05, 0.1) is 19.4 Å². The van der Waals surface area contributed by atoms with Crippen molar-refractivity contribution in [2.75, 3.05) is 37.6 Å². The summed E-state index contributed by atoms with van der Waals surface area (Å²) in [4.78, 5) is 26.4. The van der Waals surface area contributed by atoms with E-state index in [-0.39, 0.29) is 52.6 Å². The molecule has 2 bridgehead atoms. The molecule has 2 aromatic heterocycles. The van der Waals surface area contributed by atoms with Crippen LogP contribution in [-0.4, -0.2) is 81.1 Å². The van der Waals surface area contributed by atoms with Crippen molar-refractivity contribution in [1.29, 1.82) is 0 Å². The molecule has 9 nitrogen and oxygen atoms in total. The van der Waals surface area contributed by atoms with E-state index in [9.17, 15) is 31.9 Å². The van der Waals surface area contributed by atoms with Crippen LogP contribution in [0.4, 0.5) is 32.2 Å². The number of halogens is 6. The van der Waals surface area contributed by atoms with Crippen LogP contribution in [0.5, 0.6) is 11.8 Å². The molecule has 2 aromatic carbocycles. The Hall–Kier alpha value is -4.11. The van der Waals surface area contributed by atoms with E-state index in [1.54, 1.807) is 9.80 Å². The fourth-order valence-corrected chi connectivity index (χ4v) is 7.77. The molecular formula is C32H30F6N6O3. The van der Waals surface area contributed by atoms with Gasteiger partial charge in [-0.2, -0.15) is 23.1 Å². The second kappa shape index (κ2) is 10.7. The van der Waals surface area contributed by atoms with Gasteiger partial charge in [0.2, 0.25) is 0 Å². The first-order valence-corrected chi connectivity index (χ1v) is 15.4. The number of piperazine rings is 1. The van der Waals surface area contributed by atoms with Crippen LogP contribution < -0.4 is 20.5 Å². The number of pyridine rings is 1. The number of rotatable bonds is 5. The summed E-state index contributed by atoms with van der Waals surface area (Å²) < 4.78 is 113. The molecule has 0 radical (unpaired) electrons. The van der Waals surface area contributed by atoms with Crippen molar-refractivity contribution in [1.82, 2.24) is 24.8 Å². The van der Waals surface area contributed by atoms with Crippen molar-refractivity contribution in [3.63, 3.8) is 0 Å². The molecule has 0 aliphatic carbocycles. The van der Waals surface area contributed by atoms with Gasteiger partial charge in [-0.1, -0.05) is 6.07 Å². The average Bonchev–Trinajstić information content (AvgIpc) is 3.60. The molecule has 5 fully saturated rings.